The fourth-order valence-corrected chi connectivity index (χ4v) is 6.06. The van der Waals surface area contributed by atoms with Crippen molar-refractivity contribution in [2.45, 2.75) is 23.2 Å². The van der Waals surface area contributed by atoms with E-state index in [0.717, 1.165) is 9.75 Å². The first kappa shape index (κ1) is 14.0. The summed E-state index contributed by atoms with van der Waals surface area (Å²) >= 11 is 4.61. The monoisotopic (exact) mass is 338 g/mol. The Hall–Kier alpha value is -0.630. The predicted octanol–water partition coefficient (Wildman–Crippen LogP) is 3.55. The van der Waals surface area contributed by atoms with E-state index in [2.05, 4.69) is 6.08 Å². The molecule has 0 aliphatic carbocycles. The van der Waals surface area contributed by atoms with Gasteiger partial charge in [0, 0.05) is 15.7 Å². The number of aliphatic hydroxyl groups is 2. The summed E-state index contributed by atoms with van der Waals surface area (Å²) < 4.78 is 5.08. The second kappa shape index (κ2) is 5.22. The van der Waals surface area contributed by atoms with Crippen LogP contribution in [0, 0.1) is 5.92 Å². The SMILES string of the molecule is OC1OC(c2cccs2)C2C=CSC12C(O)c1cccs1. The Kier molecular flexibility index (Phi) is 3.48. The molecule has 0 spiro atoms. The molecular formula is C15H14O3S3. The molecule has 2 aromatic heterocycles. The molecule has 4 heterocycles. The van der Waals surface area contributed by atoms with Crippen LogP contribution in [0.1, 0.15) is 22.0 Å². The predicted molar refractivity (Wildman–Crippen MR) is 86.4 cm³/mol. The fraction of sp³-hybridized carbons (Fsp3) is 0.333. The smallest absolute Gasteiger partial charge is 0.174 e. The minimum atomic E-state index is -0.994. The third-order valence-corrected chi connectivity index (χ3v) is 7.39. The first-order valence-corrected chi connectivity index (χ1v) is 9.30. The Balaban J connectivity index is 1.74. The summed E-state index contributed by atoms with van der Waals surface area (Å²) in [5, 5.41) is 27.4. The van der Waals surface area contributed by atoms with Crippen molar-refractivity contribution in [2.24, 2.45) is 5.92 Å². The Morgan fingerprint density at radius 1 is 1.19 bits per heavy atom. The molecule has 4 rings (SSSR count). The van der Waals surface area contributed by atoms with Gasteiger partial charge in [0.25, 0.3) is 0 Å². The molecule has 21 heavy (non-hydrogen) atoms. The molecule has 2 aromatic rings. The second-order valence-electron chi connectivity index (χ2n) is 5.17. The van der Waals surface area contributed by atoms with Gasteiger partial charge in [-0.3, -0.25) is 0 Å². The Morgan fingerprint density at radius 3 is 2.71 bits per heavy atom. The Bertz CT molecular complexity index is 637. The number of thiophene rings is 2. The Morgan fingerprint density at radius 2 is 2.00 bits per heavy atom. The van der Waals surface area contributed by atoms with E-state index in [4.69, 9.17) is 4.74 Å². The van der Waals surface area contributed by atoms with Gasteiger partial charge in [-0.15, -0.1) is 34.4 Å². The van der Waals surface area contributed by atoms with Crippen LogP contribution in [-0.4, -0.2) is 21.3 Å². The summed E-state index contributed by atoms with van der Waals surface area (Å²) in [6.45, 7) is 0. The van der Waals surface area contributed by atoms with Gasteiger partial charge in [-0.05, 0) is 28.3 Å². The molecule has 1 fully saturated rings. The largest absolute Gasteiger partial charge is 0.386 e. The number of thioether (sulfide) groups is 1. The van der Waals surface area contributed by atoms with Gasteiger partial charge >= 0.3 is 0 Å². The maximum absolute atomic E-state index is 10.9. The van der Waals surface area contributed by atoms with E-state index in [1.807, 2.05) is 40.4 Å². The van der Waals surface area contributed by atoms with Crippen molar-refractivity contribution in [3.8, 4) is 0 Å². The molecule has 0 bridgehead atoms. The summed E-state index contributed by atoms with van der Waals surface area (Å²) in [7, 11) is 0. The quantitative estimate of drug-likeness (QED) is 0.899. The van der Waals surface area contributed by atoms with E-state index in [0.29, 0.717) is 0 Å². The molecule has 0 radical (unpaired) electrons. The summed E-state index contributed by atoms with van der Waals surface area (Å²) in [5.41, 5.74) is 0. The van der Waals surface area contributed by atoms with Gasteiger partial charge in [-0.2, -0.15) is 0 Å². The summed E-state index contributed by atoms with van der Waals surface area (Å²) in [6, 6.07) is 7.83. The lowest BCUT2D eigenvalue weighted by atomic mass is 9.84. The highest BCUT2D eigenvalue weighted by atomic mass is 32.2. The molecule has 0 aromatic carbocycles. The molecule has 3 nitrogen and oxygen atoms in total. The second-order valence-corrected chi connectivity index (χ2v) is 8.34. The Labute approximate surface area is 134 Å². The summed E-state index contributed by atoms with van der Waals surface area (Å²) in [5.74, 6) is -0.0340. The van der Waals surface area contributed by atoms with Crippen LogP contribution in [0.2, 0.25) is 0 Å². The van der Waals surface area contributed by atoms with Crippen LogP contribution in [0.15, 0.2) is 46.5 Å². The molecule has 5 unspecified atom stereocenters. The maximum Gasteiger partial charge on any atom is 0.174 e. The minimum absolute atomic E-state index is 0.0340. The highest BCUT2D eigenvalue weighted by Gasteiger charge is 2.62. The lowest BCUT2D eigenvalue weighted by Crippen LogP contribution is -2.43. The van der Waals surface area contributed by atoms with Crippen LogP contribution in [0.3, 0.4) is 0 Å². The maximum atomic E-state index is 10.9. The van der Waals surface area contributed by atoms with Crippen molar-refractivity contribution in [3.63, 3.8) is 0 Å². The zero-order chi connectivity index (χ0) is 14.4. The van der Waals surface area contributed by atoms with E-state index in [1.54, 1.807) is 11.3 Å². The molecule has 0 saturated carbocycles. The van der Waals surface area contributed by atoms with Crippen LogP contribution >= 0.6 is 34.4 Å². The van der Waals surface area contributed by atoms with Gasteiger partial charge in [0.05, 0.1) is 0 Å². The van der Waals surface area contributed by atoms with Gasteiger partial charge in [-0.25, -0.2) is 0 Å². The molecule has 110 valence electrons. The average Bonchev–Trinajstić information content (AvgIpc) is 3.26. The molecule has 2 aliphatic rings. The summed E-state index contributed by atoms with van der Waals surface area (Å²) in [6.07, 6.45) is 0.122. The molecule has 1 saturated heterocycles. The van der Waals surface area contributed by atoms with E-state index < -0.39 is 17.1 Å². The van der Waals surface area contributed by atoms with Crippen molar-refractivity contribution in [2.75, 3.05) is 0 Å². The van der Waals surface area contributed by atoms with Crippen molar-refractivity contribution >= 4 is 34.4 Å². The van der Waals surface area contributed by atoms with Gasteiger partial charge in [0.15, 0.2) is 6.29 Å². The topological polar surface area (TPSA) is 49.7 Å². The first-order chi connectivity index (χ1) is 10.2. The molecule has 6 heteroatoms. The van der Waals surface area contributed by atoms with Gasteiger partial charge in [0.2, 0.25) is 0 Å². The van der Waals surface area contributed by atoms with Crippen LogP contribution in [0.5, 0.6) is 0 Å². The number of aliphatic hydroxyl groups excluding tert-OH is 2. The van der Waals surface area contributed by atoms with Gasteiger partial charge < -0.3 is 14.9 Å². The van der Waals surface area contributed by atoms with E-state index in [1.165, 1.54) is 23.1 Å². The lowest BCUT2D eigenvalue weighted by molar-refractivity contribution is -0.115. The van der Waals surface area contributed by atoms with Crippen molar-refractivity contribution in [1.29, 1.82) is 0 Å². The highest BCUT2D eigenvalue weighted by molar-refractivity contribution is 8.03. The number of ether oxygens (including phenoxy) is 1. The number of hydrogen-bond acceptors (Lipinski definition) is 6. The van der Waals surface area contributed by atoms with Gasteiger partial charge in [-0.1, -0.05) is 18.2 Å². The summed E-state index contributed by atoms with van der Waals surface area (Å²) in [4.78, 5) is 1.96. The van der Waals surface area contributed by atoms with E-state index in [-0.39, 0.29) is 12.0 Å². The minimum Gasteiger partial charge on any atom is -0.386 e. The third kappa shape index (κ3) is 1.98. The zero-order valence-electron chi connectivity index (χ0n) is 11.0. The number of fused-ring (bicyclic) bond motifs is 1. The molecule has 5 atom stereocenters. The standard InChI is InChI=1S/C15H14O3S3/c16-13(11-4-2-7-20-11)15-9(5-8-21-15)12(18-14(15)17)10-3-1-6-19-10/h1-9,12-14,16-17H. The molecule has 2 aliphatic heterocycles. The zero-order valence-corrected chi connectivity index (χ0v) is 13.4. The van der Waals surface area contributed by atoms with Crippen LogP contribution in [0.4, 0.5) is 0 Å². The lowest BCUT2D eigenvalue weighted by Gasteiger charge is -2.34. The third-order valence-electron chi connectivity index (χ3n) is 4.13. The fourth-order valence-electron chi connectivity index (χ4n) is 3.11. The van der Waals surface area contributed by atoms with Crippen LogP contribution in [0.25, 0.3) is 0 Å². The van der Waals surface area contributed by atoms with E-state index >= 15 is 0 Å². The van der Waals surface area contributed by atoms with Crippen molar-refractivity contribution < 1.29 is 14.9 Å². The molecular weight excluding hydrogens is 324 g/mol. The van der Waals surface area contributed by atoms with Crippen LogP contribution in [-0.2, 0) is 4.74 Å². The highest BCUT2D eigenvalue weighted by Crippen LogP contribution is 2.61. The normalized spacial score (nSPS) is 36.0. The average molecular weight is 338 g/mol. The molecule has 0 amide bonds. The number of hydrogen-bond donors (Lipinski definition) is 2. The van der Waals surface area contributed by atoms with Crippen molar-refractivity contribution in [1.82, 2.24) is 0 Å². The van der Waals surface area contributed by atoms with Gasteiger partial charge in [0.1, 0.15) is 17.0 Å². The van der Waals surface area contributed by atoms with E-state index in [9.17, 15) is 10.2 Å². The van der Waals surface area contributed by atoms with Crippen LogP contribution < -0.4 is 0 Å². The molecule has 2 N–H and O–H groups in total. The first-order valence-electron chi connectivity index (χ1n) is 6.66. The number of rotatable bonds is 3. The van der Waals surface area contributed by atoms with Crippen molar-refractivity contribution in [3.05, 3.63) is 56.3 Å².